The summed E-state index contributed by atoms with van der Waals surface area (Å²) >= 11 is 9.58. The van der Waals surface area contributed by atoms with E-state index in [1.807, 2.05) is 68.4 Å². The Hall–Kier alpha value is -3.86. The fourth-order valence-electron chi connectivity index (χ4n) is 5.03. The number of nitrogens with zero attached hydrogens (tertiary/aromatic N) is 2. The maximum absolute atomic E-state index is 14.6. The summed E-state index contributed by atoms with van der Waals surface area (Å²) in [6.45, 7) is 4.32. The zero-order valence-corrected chi connectivity index (χ0v) is 29.6. The summed E-state index contributed by atoms with van der Waals surface area (Å²) in [5, 5.41) is 3.38. The molecule has 0 bridgehead atoms. The number of nitrogens with one attached hydrogen (secondary N) is 1. The molecule has 4 aromatic carbocycles. The van der Waals surface area contributed by atoms with Gasteiger partial charge in [-0.3, -0.25) is 13.9 Å². The Morgan fingerprint density at radius 2 is 1.57 bits per heavy atom. The second kappa shape index (κ2) is 17.3. The number of hydrogen-bond donors (Lipinski definition) is 1. The lowest BCUT2D eigenvalue weighted by molar-refractivity contribution is -0.140. The van der Waals surface area contributed by atoms with Gasteiger partial charge < -0.3 is 15.0 Å². The van der Waals surface area contributed by atoms with E-state index in [0.29, 0.717) is 23.9 Å². The van der Waals surface area contributed by atoms with E-state index >= 15 is 0 Å². The van der Waals surface area contributed by atoms with Gasteiger partial charge in [0, 0.05) is 29.0 Å². The number of amides is 2. The van der Waals surface area contributed by atoms with Crippen LogP contribution >= 0.6 is 27.5 Å². The Morgan fingerprint density at radius 3 is 2.21 bits per heavy atom. The lowest BCUT2D eigenvalue weighted by Gasteiger charge is -2.34. The lowest BCUT2D eigenvalue weighted by Crippen LogP contribution is -2.53. The molecule has 0 saturated carbocycles. The van der Waals surface area contributed by atoms with Crippen molar-refractivity contribution in [1.82, 2.24) is 10.2 Å². The van der Waals surface area contributed by atoms with Crippen LogP contribution in [0.25, 0.3) is 0 Å². The van der Waals surface area contributed by atoms with Gasteiger partial charge >= 0.3 is 0 Å². The molecule has 0 saturated heterocycles. The van der Waals surface area contributed by atoms with E-state index in [1.165, 1.54) is 29.2 Å². The first-order valence-electron chi connectivity index (χ1n) is 15.5. The van der Waals surface area contributed by atoms with Crippen molar-refractivity contribution in [1.29, 1.82) is 0 Å². The number of carbonyl (C=O) groups is 2. The van der Waals surface area contributed by atoms with Crippen molar-refractivity contribution in [2.24, 2.45) is 0 Å². The highest BCUT2D eigenvalue weighted by atomic mass is 79.9. The molecule has 0 spiro atoms. The van der Waals surface area contributed by atoms with Crippen LogP contribution in [0, 0.1) is 0 Å². The first-order chi connectivity index (χ1) is 22.6. The molecule has 8 nitrogen and oxygen atoms in total. The first kappa shape index (κ1) is 36.0. The molecular weight excluding hydrogens is 702 g/mol. The molecule has 1 atom stereocenters. The number of halogens is 2. The third-order valence-electron chi connectivity index (χ3n) is 7.46. The van der Waals surface area contributed by atoms with Gasteiger partial charge in [-0.25, -0.2) is 8.42 Å². The predicted molar refractivity (Wildman–Crippen MR) is 190 cm³/mol. The van der Waals surface area contributed by atoms with E-state index in [0.717, 1.165) is 32.7 Å². The van der Waals surface area contributed by atoms with Gasteiger partial charge in [0.2, 0.25) is 11.8 Å². The van der Waals surface area contributed by atoms with E-state index in [9.17, 15) is 18.0 Å². The van der Waals surface area contributed by atoms with Crippen molar-refractivity contribution in [3.8, 4) is 5.75 Å². The molecule has 47 heavy (non-hydrogen) atoms. The van der Waals surface area contributed by atoms with Crippen LogP contribution in [-0.4, -0.2) is 50.9 Å². The standard InChI is InChI=1S/C36H39BrClN3O5S/c1-3-5-22-39-36(43)34(24-27-10-7-6-8-11-27)40(25-28-12-9-13-29(37)23-28)35(42)26-41(31-16-18-32(19-17-31)46-4-2)47(44,45)33-20-14-30(38)15-21-33/h6-21,23,34H,3-5,22,24-26H2,1-2H3,(H,39,43)/t34-/m1/s1. The number of sulfonamides is 1. The number of ether oxygens (including phenoxy) is 1. The topological polar surface area (TPSA) is 96.0 Å². The smallest absolute Gasteiger partial charge is 0.264 e. The zero-order chi connectivity index (χ0) is 33.8. The molecule has 0 radical (unpaired) electrons. The maximum atomic E-state index is 14.6. The molecule has 0 fully saturated rings. The van der Waals surface area contributed by atoms with Crippen molar-refractivity contribution in [3.05, 3.63) is 124 Å². The molecule has 0 aromatic heterocycles. The van der Waals surface area contributed by atoms with E-state index in [2.05, 4.69) is 21.2 Å². The highest BCUT2D eigenvalue weighted by Gasteiger charge is 2.34. The average molecular weight is 741 g/mol. The number of carbonyl (C=O) groups excluding carboxylic acids is 2. The number of hydrogen-bond acceptors (Lipinski definition) is 5. The summed E-state index contributed by atoms with van der Waals surface area (Å²) in [6.07, 6.45) is 1.92. The molecule has 11 heteroatoms. The Kier molecular flexibility index (Phi) is 13.3. The minimum atomic E-state index is -4.25. The zero-order valence-electron chi connectivity index (χ0n) is 26.4. The van der Waals surface area contributed by atoms with Gasteiger partial charge in [0.1, 0.15) is 18.3 Å². The second-order valence-electron chi connectivity index (χ2n) is 10.9. The Bertz CT molecular complexity index is 1720. The van der Waals surface area contributed by atoms with E-state index in [1.54, 1.807) is 24.3 Å². The van der Waals surface area contributed by atoms with Crippen molar-refractivity contribution in [2.45, 2.75) is 50.6 Å². The Morgan fingerprint density at radius 1 is 0.894 bits per heavy atom. The molecule has 0 heterocycles. The van der Waals surface area contributed by atoms with Crippen LogP contribution in [0.4, 0.5) is 5.69 Å². The fourth-order valence-corrected chi connectivity index (χ4v) is 7.02. The third kappa shape index (κ3) is 10.1. The van der Waals surface area contributed by atoms with Gasteiger partial charge in [-0.2, -0.15) is 0 Å². The molecule has 0 aliphatic heterocycles. The number of benzene rings is 4. The predicted octanol–water partition coefficient (Wildman–Crippen LogP) is 7.25. The second-order valence-corrected chi connectivity index (χ2v) is 14.1. The molecule has 4 rings (SSSR count). The van der Waals surface area contributed by atoms with Gasteiger partial charge in [-0.1, -0.05) is 83.3 Å². The van der Waals surface area contributed by atoms with Crippen LogP contribution in [0.2, 0.25) is 5.02 Å². The van der Waals surface area contributed by atoms with E-state index in [4.69, 9.17) is 16.3 Å². The molecule has 0 aliphatic carbocycles. The van der Waals surface area contributed by atoms with Crippen molar-refractivity contribution in [3.63, 3.8) is 0 Å². The summed E-state index contributed by atoms with van der Waals surface area (Å²) in [5.74, 6) is -0.281. The summed E-state index contributed by atoms with van der Waals surface area (Å²) in [4.78, 5) is 29.9. The van der Waals surface area contributed by atoms with Crippen LogP contribution in [0.15, 0.2) is 112 Å². The molecule has 0 aliphatic rings. The maximum Gasteiger partial charge on any atom is 0.264 e. The Balaban J connectivity index is 1.79. The van der Waals surface area contributed by atoms with Crippen molar-refractivity contribution in [2.75, 3.05) is 24.0 Å². The quantitative estimate of drug-likeness (QED) is 0.122. The van der Waals surface area contributed by atoms with Crippen LogP contribution in [0.3, 0.4) is 0 Å². The van der Waals surface area contributed by atoms with E-state index < -0.39 is 28.5 Å². The van der Waals surface area contributed by atoms with Gasteiger partial charge in [0.15, 0.2) is 0 Å². The SMILES string of the molecule is CCCCNC(=O)[C@@H](Cc1ccccc1)N(Cc1cccc(Br)c1)C(=O)CN(c1ccc(OCC)cc1)S(=O)(=O)c1ccc(Cl)cc1. The van der Waals surface area contributed by atoms with Crippen LogP contribution in [0.5, 0.6) is 5.75 Å². The van der Waals surface area contributed by atoms with Crippen molar-refractivity contribution >= 4 is 55.1 Å². The minimum absolute atomic E-state index is 0.0275. The highest BCUT2D eigenvalue weighted by Crippen LogP contribution is 2.28. The van der Waals surface area contributed by atoms with Gasteiger partial charge in [-0.05, 0) is 85.1 Å². The van der Waals surface area contributed by atoms with Crippen LogP contribution in [0.1, 0.15) is 37.8 Å². The molecule has 248 valence electrons. The molecule has 1 N–H and O–H groups in total. The number of unbranched alkanes of at least 4 members (excludes halogenated alkanes) is 1. The normalized spacial score (nSPS) is 11.8. The molecular formula is C36H39BrClN3O5S. The van der Waals surface area contributed by atoms with Crippen LogP contribution in [-0.2, 0) is 32.6 Å². The van der Waals surface area contributed by atoms with Crippen molar-refractivity contribution < 1.29 is 22.7 Å². The summed E-state index contributed by atoms with van der Waals surface area (Å²) in [7, 11) is -4.25. The van der Waals surface area contributed by atoms with Gasteiger partial charge in [-0.15, -0.1) is 0 Å². The highest BCUT2D eigenvalue weighted by molar-refractivity contribution is 9.10. The number of anilines is 1. The number of rotatable bonds is 16. The van der Waals surface area contributed by atoms with E-state index in [-0.39, 0.29) is 29.5 Å². The third-order valence-corrected chi connectivity index (χ3v) is 9.99. The van der Waals surface area contributed by atoms with Gasteiger partial charge in [0.05, 0.1) is 17.2 Å². The molecule has 0 unspecified atom stereocenters. The summed E-state index contributed by atoms with van der Waals surface area (Å²) in [6, 6.07) is 28.3. The molecule has 4 aromatic rings. The minimum Gasteiger partial charge on any atom is -0.494 e. The monoisotopic (exact) mass is 739 g/mol. The summed E-state index contributed by atoms with van der Waals surface area (Å²) in [5.41, 5.74) is 1.92. The average Bonchev–Trinajstić information content (AvgIpc) is 3.06. The first-order valence-corrected chi connectivity index (χ1v) is 18.1. The fraction of sp³-hybridized carbons (Fsp3) is 0.278. The summed E-state index contributed by atoms with van der Waals surface area (Å²) < 4.78 is 35.8. The van der Waals surface area contributed by atoms with Crippen LogP contribution < -0.4 is 14.4 Å². The van der Waals surface area contributed by atoms with Gasteiger partial charge in [0.25, 0.3) is 10.0 Å². The molecule has 2 amide bonds. The Labute approximate surface area is 290 Å². The lowest BCUT2D eigenvalue weighted by atomic mass is 10.0. The largest absolute Gasteiger partial charge is 0.494 e.